The van der Waals surface area contributed by atoms with Crippen molar-refractivity contribution < 1.29 is 19.1 Å². The van der Waals surface area contributed by atoms with Gasteiger partial charge in [0.25, 0.3) is 5.56 Å². The van der Waals surface area contributed by atoms with E-state index in [1.54, 1.807) is 54.0 Å². The molecule has 29 heavy (non-hydrogen) atoms. The number of carbonyl (C=O) groups is 2. The highest BCUT2D eigenvalue weighted by Gasteiger charge is 2.14. The predicted molar refractivity (Wildman–Crippen MR) is 109 cm³/mol. The second kappa shape index (κ2) is 8.68. The average molecular weight is 394 g/mol. The molecule has 0 aliphatic carbocycles. The van der Waals surface area contributed by atoms with Gasteiger partial charge in [0, 0.05) is 12.1 Å². The lowest BCUT2D eigenvalue weighted by Gasteiger charge is -2.10. The van der Waals surface area contributed by atoms with E-state index in [1.807, 2.05) is 13.8 Å². The Balaban J connectivity index is 1.73. The minimum Gasteiger partial charge on any atom is -0.494 e. The molecule has 1 aromatic heterocycles. The van der Waals surface area contributed by atoms with Gasteiger partial charge in [0.1, 0.15) is 11.4 Å². The van der Waals surface area contributed by atoms with E-state index in [4.69, 9.17) is 9.47 Å². The van der Waals surface area contributed by atoms with Crippen molar-refractivity contribution in [2.75, 3.05) is 13.2 Å². The van der Waals surface area contributed by atoms with Gasteiger partial charge in [-0.05, 0) is 63.2 Å². The zero-order chi connectivity index (χ0) is 21.0. The Labute approximate surface area is 167 Å². The van der Waals surface area contributed by atoms with Crippen molar-refractivity contribution in [3.05, 3.63) is 69.6 Å². The van der Waals surface area contributed by atoms with E-state index in [0.717, 1.165) is 0 Å². The van der Waals surface area contributed by atoms with Gasteiger partial charge < -0.3 is 14.0 Å². The molecule has 0 bridgehead atoms. The third kappa shape index (κ3) is 4.34. The van der Waals surface area contributed by atoms with Crippen molar-refractivity contribution in [3.8, 4) is 5.75 Å². The van der Waals surface area contributed by atoms with Crippen LogP contribution in [0.4, 0.5) is 0 Å². The number of aromatic nitrogens is 2. The van der Waals surface area contributed by atoms with Gasteiger partial charge in [0.2, 0.25) is 0 Å². The molecule has 3 rings (SSSR count). The normalized spacial score (nSPS) is 10.7. The lowest BCUT2D eigenvalue weighted by Crippen LogP contribution is -2.23. The zero-order valence-electron chi connectivity index (χ0n) is 16.6. The molecular formula is C22H22N2O5. The van der Waals surface area contributed by atoms with Crippen LogP contribution in [0.1, 0.15) is 40.3 Å². The number of Topliss-reactive ketones (excluding diaryl/α,β-unsaturated/α-hetero) is 1. The van der Waals surface area contributed by atoms with Gasteiger partial charge in [-0.25, -0.2) is 9.78 Å². The van der Waals surface area contributed by atoms with Gasteiger partial charge >= 0.3 is 5.97 Å². The number of hydrogen-bond acceptors (Lipinski definition) is 6. The van der Waals surface area contributed by atoms with Crippen LogP contribution in [0.5, 0.6) is 5.75 Å². The molecule has 7 nitrogen and oxygen atoms in total. The Morgan fingerprint density at radius 3 is 2.38 bits per heavy atom. The summed E-state index contributed by atoms with van der Waals surface area (Å²) in [6, 6.07) is 11.5. The molecule has 1 heterocycles. The van der Waals surface area contributed by atoms with Crippen LogP contribution < -0.4 is 10.3 Å². The molecule has 0 unspecified atom stereocenters. The third-order valence-corrected chi connectivity index (χ3v) is 4.48. The fourth-order valence-electron chi connectivity index (χ4n) is 3.02. The van der Waals surface area contributed by atoms with Crippen molar-refractivity contribution in [1.29, 1.82) is 0 Å². The van der Waals surface area contributed by atoms with Crippen LogP contribution in [-0.4, -0.2) is 34.5 Å². The molecule has 0 saturated heterocycles. The fourth-order valence-corrected chi connectivity index (χ4v) is 3.02. The number of fused-ring (bicyclic) bond motifs is 1. The van der Waals surface area contributed by atoms with E-state index in [1.165, 1.54) is 0 Å². The molecule has 0 atom stereocenters. The molecule has 3 aromatic rings. The summed E-state index contributed by atoms with van der Waals surface area (Å²) in [5, 5.41) is 0. The number of benzene rings is 2. The number of rotatable bonds is 7. The topological polar surface area (TPSA) is 87.5 Å². The van der Waals surface area contributed by atoms with Gasteiger partial charge in [-0.1, -0.05) is 0 Å². The first kappa shape index (κ1) is 20.3. The highest BCUT2D eigenvalue weighted by molar-refractivity contribution is 6.00. The molecule has 0 amide bonds. The van der Waals surface area contributed by atoms with Crippen LogP contribution in [0.3, 0.4) is 0 Å². The largest absolute Gasteiger partial charge is 0.494 e. The number of aryl methyl sites for hydroxylation is 2. The maximum Gasteiger partial charge on any atom is 0.338 e. The second-order valence-corrected chi connectivity index (χ2v) is 6.41. The molecule has 0 fully saturated rings. The maximum atomic E-state index is 12.4. The van der Waals surface area contributed by atoms with Crippen LogP contribution in [0.15, 0.2) is 47.3 Å². The van der Waals surface area contributed by atoms with Crippen LogP contribution in [0.2, 0.25) is 0 Å². The molecule has 2 aromatic carbocycles. The SMILES string of the molecule is CCOc1ccc(C(=O)COC(=O)c2ccc3c(c2)nc(C)c(=O)n3CC)cc1. The van der Waals surface area contributed by atoms with Gasteiger partial charge in [0.15, 0.2) is 12.4 Å². The fraction of sp³-hybridized carbons (Fsp3) is 0.273. The van der Waals surface area contributed by atoms with Gasteiger partial charge in [0.05, 0.1) is 23.2 Å². The Bertz CT molecular complexity index is 1120. The molecular weight excluding hydrogens is 372 g/mol. The summed E-state index contributed by atoms with van der Waals surface area (Å²) in [6.07, 6.45) is 0. The Morgan fingerprint density at radius 2 is 1.72 bits per heavy atom. The molecule has 0 radical (unpaired) electrons. The summed E-state index contributed by atoms with van der Waals surface area (Å²) in [7, 11) is 0. The van der Waals surface area contributed by atoms with Crippen LogP contribution in [0.25, 0.3) is 11.0 Å². The van der Waals surface area contributed by atoms with Crippen molar-refractivity contribution in [1.82, 2.24) is 9.55 Å². The quantitative estimate of drug-likeness (QED) is 0.452. The van der Waals surface area contributed by atoms with Crippen molar-refractivity contribution in [2.45, 2.75) is 27.3 Å². The summed E-state index contributed by atoms with van der Waals surface area (Å²) < 4.78 is 12.1. The van der Waals surface area contributed by atoms with E-state index >= 15 is 0 Å². The molecule has 0 aliphatic rings. The molecule has 7 heteroatoms. The van der Waals surface area contributed by atoms with E-state index in [0.29, 0.717) is 41.2 Å². The smallest absolute Gasteiger partial charge is 0.338 e. The minimum atomic E-state index is -0.625. The standard InChI is InChI=1S/C22H22N2O5/c1-4-24-19-11-8-16(12-18(19)23-14(3)21(24)26)22(27)29-13-20(25)15-6-9-17(10-7-15)28-5-2/h6-12H,4-5,13H2,1-3H3. The minimum absolute atomic E-state index is 0.156. The number of esters is 1. The molecule has 0 saturated carbocycles. The first-order valence-electron chi connectivity index (χ1n) is 9.39. The molecule has 150 valence electrons. The Kier molecular flexibility index (Phi) is 6.07. The molecule has 0 spiro atoms. The first-order chi connectivity index (χ1) is 13.9. The number of nitrogens with zero attached hydrogens (tertiary/aromatic N) is 2. The van der Waals surface area contributed by atoms with Crippen molar-refractivity contribution in [2.24, 2.45) is 0 Å². The molecule has 0 N–H and O–H groups in total. The number of hydrogen-bond donors (Lipinski definition) is 0. The van der Waals surface area contributed by atoms with Gasteiger partial charge in [-0.15, -0.1) is 0 Å². The van der Waals surface area contributed by atoms with Gasteiger partial charge in [-0.2, -0.15) is 0 Å². The van der Waals surface area contributed by atoms with Gasteiger partial charge in [-0.3, -0.25) is 9.59 Å². The second-order valence-electron chi connectivity index (χ2n) is 6.41. The summed E-state index contributed by atoms with van der Waals surface area (Å²) >= 11 is 0. The summed E-state index contributed by atoms with van der Waals surface area (Å²) in [5.74, 6) is -0.263. The summed E-state index contributed by atoms with van der Waals surface area (Å²) in [6.45, 7) is 6.05. The highest BCUT2D eigenvalue weighted by Crippen LogP contribution is 2.15. The third-order valence-electron chi connectivity index (χ3n) is 4.48. The van der Waals surface area contributed by atoms with E-state index in [2.05, 4.69) is 4.98 Å². The maximum absolute atomic E-state index is 12.4. The Morgan fingerprint density at radius 1 is 1.03 bits per heavy atom. The van der Waals surface area contributed by atoms with Crippen LogP contribution in [0, 0.1) is 6.92 Å². The summed E-state index contributed by atoms with van der Waals surface area (Å²) in [4.78, 5) is 41.1. The summed E-state index contributed by atoms with van der Waals surface area (Å²) in [5.41, 5.74) is 2.07. The number of carbonyl (C=O) groups excluding carboxylic acids is 2. The highest BCUT2D eigenvalue weighted by atomic mass is 16.5. The van der Waals surface area contributed by atoms with Crippen molar-refractivity contribution in [3.63, 3.8) is 0 Å². The lowest BCUT2D eigenvalue weighted by molar-refractivity contribution is 0.0475. The lowest BCUT2D eigenvalue weighted by atomic mass is 10.1. The van der Waals surface area contributed by atoms with Crippen LogP contribution >= 0.6 is 0 Å². The number of ether oxygens (including phenoxy) is 2. The molecule has 0 aliphatic heterocycles. The van der Waals surface area contributed by atoms with E-state index < -0.39 is 5.97 Å². The first-order valence-corrected chi connectivity index (χ1v) is 9.39. The monoisotopic (exact) mass is 394 g/mol. The Hall–Kier alpha value is -3.48. The number of ketones is 1. The van der Waals surface area contributed by atoms with Crippen LogP contribution in [-0.2, 0) is 11.3 Å². The van der Waals surface area contributed by atoms with E-state index in [9.17, 15) is 14.4 Å². The average Bonchev–Trinajstić information content (AvgIpc) is 2.73. The van der Waals surface area contributed by atoms with Crippen molar-refractivity contribution >= 4 is 22.8 Å². The predicted octanol–water partition coefficient (Wildman–Crippen LogP) is 3.16. The van der Waals surface area contributed by atoms with E-state index in [-0.39, 0.29) is 23.5 Å². The zero-order valence-corrected chi connectivity index (χ0v) is 16.6.